The highest BCUT2D eigenvalue weighted by atomic mass is 19.4. The van der Waals surface area contributed by atoms with E-state index in [0.717, 1.165) is 26.2 Å². The van der Waals surface area contributed by atoms with Gasteiger partial charge in [-0.05, 0) is 19.9 Å². The Morgan fingerprint density at radius 3 is 2.29 bits per heavy atom. The summed E-state index contributed by atoms with van der Waals surface area (Å²) in [6.45, 7) is 3.60. The Bertz CT molecular complexity index is 1060. The van der Waals surface area contributed by atoms with Crippen molar-refractivity contribution < 1.29 is 36.2 Å². The largest absolute Gasteiger partial charge is 0.493 e. The molecule has 1 saturated heterocycles. The lowest BCUT2D eigenvalue weighted by Crippen LogP contribution is -2.46. The van der Waals surface area contributed by atoms with Crippen molar-refractivity contribution in [2.75, 3.05) is 14.2 Å². The summed E-state index contributed by atoms with van der Waals surface area (Å²) in [5.74, 6) is -5.83. The van der Waals surface area contributed by atoms with E-state index in [4.69, 9.17) is 14.2 Å². The van der Waals surface area contributed by atoms with Crippen LogP contribution < -0.4 is 15.0 Å². The molecule has 1 aromatic carbocycles. The van der Waals surface area contributed by atoms with E-state index in [-0.39, 0.29) is 22.8 Å². The van der Waals surface area contributed by atoms with Crippen molar-refractivity contribution in [2.24, 2.45) is 5.92 Å². The van der Waals surface area contributed by atoms with Gasteiger partial charge in [0.1, 0.15) is 11.9 Å². The van der Waals surface area contributed by atoms with Gasteiger partial charge in [-0.25, -0.2) is 9.37 Å². The minimum atomic E-state index is -4.80. The van der Waals surface area contributed by atoms with Gasteiger partial charge in [0, 0.05) is 17.4 Å². The minimum Gasteiger partial charge on any atom is -0.493 e. The summed E-state index contributed by atoms with van der Waals surface area (Å²) in [5, 5.41) is 0. The number of benzene rings is 1. The minimum absolute atomic E-state index is 0.0389. The van der Waals surface area contributed by atoms with Crippen molar-refractivity contribution in [1.29, 1.82) is 0 Å². The Morgan fingerprint density at radius 2 is 1.77 bits per heavy atom. The van der Waals surface area contributed by atoms with E-state index >= 15 is 0 Å². The third-order valence-electron chi connectivity index (χ3n) is 5.85. The van der Waals surface area contributed by atoms with Gasteiger partial charge < -0.3 is 19.2 Å². The van der Waals surface area contributed by atoms with E-state index in [0.29, 0.717) is 0 Å². The van der Waals surface area contributed by atoms with Crippen molar-refractivity contribution >= 4 is 0 Å². The van der Waals surface area contributed by atoms with E-state index in [9.17, 15) is 26.7 Å². The zero-order valence-electron chi connectivity index (χ0n) is 17.4. The molecule has 1 aliphatic rings. The molecule has 1 N–H and O–H groups in total. The molecule has 6 nitrogen and oxygen atoms in total. The first-order valence-corrected chi connectivity index (χ1v) is 9.28. The van der Waals surface area contributed by atoms with Gasteiger partial charge >= 0.3 is 6.18 Å². The molecule has 170 valence electrons. The molecular weight excluding hydrogens is 427 g/mol. The number of alkyl halides is 3. The van der Waals surface area contributed by atoms with Crippen LogP contribution in [-0.4, -0.2) is 36.0 Å². The highest BCUT2D eigenvalue weighted by Gasteiger charge is 2.65. The molecule has 0 saturated carbocycles. The van der Waals surface area contributed by atoms with Crippen molar-refractivity contribution in [3.8, 4) is 11.5 Å². The molecule has 0 unspecified atom stereocenters. The average Bonchev–Trinajstić information content (AvgIpc) is 2.96. The molecule has 1 fully saturated rings. The summed E-state index contributed by atoms with van der Waals surface area (Å²) in [6, 6.07) is 1.95. The zero-order chi connectivity index (χ0) is 23.3. The van der Waals surface area contributed by atoms with Gasteiger partial charge in [-0.3, -0.25) is 4.79 Å². The Hall–Kier alpha value is -2.69. The molecule has 1 aliphatic heterocycles. The van der Waals surface area contributed by atoms with Gasteiger partial charge in [0.2, 0.25) is 11.6 Å². The molecule has 0 radical (unpaired) electrons. The van der Waals surface area contributed by atoms with Gasteiger partial charge in [-0.2, -0.15) is 17.6 Å². The first kappa shape index (κ1) is 23.0. The third kappa shape index (κ3) is 3.54. The fraction of sp³-hybridized carbons (Fsp3) is 0.500. The van der Waals surface area contributed by atoms with Crippen molar-refractivity contribution in [1.82, 2.24) is 9.97 Å². The summed E-state index contributed by atoms with van der Waals surface area (Å²) in [6.07, 6.45) is -6.23. The molecule has 0 bridgehead atoms. The number of hydrogen-bond donors (Lipinski definition) is 1. The maximum absolute atomic E-state index is 14.4. The second-order valence-corrected chi connectivity index (χ2v) is 7.51. The summed E-state index contributed by atoms with van der Waals surface area (Å²) in [4.78, 5) is 18.9. The smallest absolute Gasteiger partial charge is 0.417 e. The van der Waals surface area contributed by atoms with Crippen LogP contribution in [-0.2, 0) is 4.74 Å². The van der Waals surface area contributed by atoms with Crippen LogP contribution in [0.1, 0.15) is 43.0 Å². The average molecular weight is 448 g/mol. The number of aryl methyl sites for hydroxylation is 1. The number of rotatable bonds is 4. The molecule has 31 heavy (non-hydrogen) atoms. The quantitative estimate of drug-likeness (QED) is 0.711. The number of aromatic amines is 1. The number of aromatic nitrogens is 2. The summed E-state index contributed by atoms with van der Waals surface area (Å²) >= 11 is 0. The van der Waals surface area contributed by atoms with Gasteiger partial charge in [0.05, 0.1) is 19.9 Å². The fourth-order valence-corrected chi connectivity index (χ4v) is 4.02. The molecule has 4 atom stereocenters. The summed E-state index contributed by atoms with van der Waals surface area (Å²) < 4.78 is 85.4. The molecular formula is C20H21F5N2O4. The molecule has 3 rings (SSSR count). The van der Waals surface area contributed by atoms with Crippen LogP contribution >= 0.6 is 0 Å². The summed E-state index contributed by atoms with van der Waals surface area (Å²) in [7, 11) is 2.33. The topological polar surface area (TPSA) is 73.4 Å². The molecule has 2 heterocycles. The lowest BCUT2D eigenvalue weighted by Gasteiger charge is -2.32. The predicted octanol–water partition coefficient (Wildman–Crippen LogP) is 4.19. The first-order chi connectivity index (χ1) is 14.4. The normalized spacial score (nSPS) is 26.2. The second-order valence-electron chi connectivity index (χ2n) is 7.51. The number of nitrogens with zero attached hydrogens (tertiary/aromatic N) is 1. The second kappa shape index (κ2) is 7.77. The highest BCUT2D eigenvalue weighted by molar-refractivity contribution is 5.41. The monoisotopic (exact) mass is 448 g/mol. The zero-order valence-corrected chi connectivity index (χ0v) is 17.4. The van der Waals surface area contributed by atoms with E-state index in [1.54, 1.807) is 0 Å². The van der Waals surface area contributed by atoms with Crippen LogP contribution in [0.25, 0.3) is 0 Å². The predicted molar refractivity (Wildman–Crippen MR) is 99.2 cm³/mol. The van der Waals surface area contributed by atoms with Gasteiger partial charge in [-0.15, -0.1) is 0 Å². The summed E-state index contributed by atoms with van der Waals surface area (Å²) in [5.41, 5.74) is -3.28. The number of methoxy groups -OCH3 is 2. The lowest BCUT2D eigenvalue weighted by atomic mass is 9.77. The van der Waals surface area contributed by atoms with E-state index in [1.807, 2.05) is 0 Å². The van der Waals surface area contributed by atoms with Crippen molar-refractivity contribution in [2.45, 2.75) is 44.6 Å². The SMILES string of the molecule is COc1c([C@H]2[C@H](c3nc(C)c(OC)c(=O)[nH]3)O[C@@](C)(C(F)(F)F)[C@H]2C)ccc(F)c1F. The van der Waals surface area contributed by atoms with E-state index < -0.39 is 52.7 Å². The highest BCUT2D eigenvalue weighted by Crippen LogP contribution is 2.59. The molecule has 11 heteroatoms. The van der Waals surface area contributed by atoms with Gasteiger partial charge in [-0.1, -0.05) is 13.0 Å². The lowest BCUT2D eigenvalue weighted by molar-refractivity contribution is -0.275. The van der Waals surface area contributed by atoms with Gasteiger partial charge in [0.25, 0.3) is 5.56 Å². The fourth-order valence-electron chi connectivity index (χ4n) is 4.02. The van der Waals surface area contributed by atoms with Crippen LogP contribution in [0, 0.1) is 24.5 Å². The third-order valence-corrected chi connectivity index (χ3v) is 5.85. The number of H-pyrrole nitrogens is 1. The van der Waals surface area contributed by atoms with Crippen LogP contribution in [0.4, 0.5) is 22.0 Å². The van der Waals surface area contributed by atoms with E-state index in [2.05, 4.69) is 9.97 Å². The first-order valence-electron chi connectivity index (χ1n) is 9.28. The number of ether oxygens (including phenoxy) is 3. The number of hydrogen-bond acceptors (Lipinski definition) is 5. The van der Waals surface area contributed by atoms with E-state index in [1.165, 1.54) is 21.0 Å². The number of halogens is 5. The van der Waals surface area contributed by atoms with Crippen LogP contribution in [0.3, 0.4) is 0 Å². The van der Waals surface area contributed by atoms with Crippen LogP contribution in [0.15, 0.2) is 16.9 Å². The number of nitrogens with one attached hydrogen (secondary N) is 1. The maximum atomic E-state index is 14.4. The standard InChI is InChI=1S/C20H21F5N2O4/c1-8-12(10-6-7-11(21)13(22)15(10)30-5)16(31-19(8,3)20(23,24)25)17-26-9(2)14(29-4)18(28)27-17/h6-8,12,16H,1-5H3,(H,26,27,28)/t8-,12-,16+,19+/m0/s1. The van der Waals surface area contributed by atoms with Crippen molar-refractivity contribution in [3.63, 3.8) is 0 Å². The molecule has 1 aromatic heterocycles. The Labute approximate surface area is 174 Å². The van der Waals surface area contributed by atoms with Crippen LogP contribution in [0.5, 0.6) is 11.5 Å². The molecule has 0 aliphatic carbocycles. The van der Waals surface area contributed by atoms with Crippen LogP contribution in [0.2, 0.25) is 0 Å². The molecule has 0 spiro atoms. The Kier molecular flexibility index (Phi) is 5.76. The maximum Gasteiger partial charge on any atom is 0.417 e. The Morgan fingerprint density at radius 1 is 1.16 bits per heavy atom. The Balaban J connectivity index is 2.26. The molecule has 0 amide bonds. The van der Waals surface area contributed by atoms with Crippen molar-refractivity contribution in [3.05, 3.63) is 51.2 Å². The molecule has 2 aromatic rings. The van der Waals surface area contributed by atoms with Gasteiger partial charge in [0.15, 0.2) is 17.2 Å².